The molecule has 0 bridgehead atoms. The third kappa shape index (κ3) is 17.9. The van der Waals surface area contributed by atoms with E-state index in [9.17, 15) is 132 Å². The molecule has 9 saturated heterocycles. The fourth-order valence-corrected chi connectivity index (χ4v) is 13.1. The van der Waals surface area contributed by atoms with Crippen molar-refractivity contribution in [2.24, 2.45) is 7.05 Å². The summed E-state index contributed by atoms with van der Waals surface area (Å²) in [6, 6.07) is 0. The van der Waals surface area contributed by atoms with E-state index in [4.69, 9.17) is 80.5 Å². The Morgan fingerprint density at radius 1 is 0.385 bits per heavy atom. The van der Waals surface area contributed by atoms with Crippen LogP contribution in [0.25, 0.3) is 0 Å². The second-order valence-electron chi connectivity index (χ2n) is 26.5. The topological polar surface area (TPSA) is 714 Å². The molecule has 0 aromatic carbocycles. The third-order valence-corrected chi connectivity index (χ3v) is 19.2. The number of aryl methyl sites for hydroxylation is 1. The first kappa shape index (κ1) is 83.4. The second-order valence-corrected chi connectivity index (χ2v) is 26.5. The van der Waals surface area contributed by atoms with Gasteiger partial charge >= 0.3 is 0 Å². The zero-order valence-electron chi connectivity index (χ0n) is 55.2. The molecule has 9 aliphatic heterocycles. The van der Waals surface area contributed by atoms with Gasteiger partial charge in [0, 0.05) is 20.2 Å². The minimum Gasteiger partial charge on any atom is -0.394 e. The van der Waals surface area contributed by atoms with E-state index in [1.54, 1.807) is 0 Å². The number of aliphatic hydroxyl groups excluding tert-OH is 25. The van der Waals surface area contributed by atoms with E-state index in [-0.39, 0.29) is 12.2 Å². The van der Waals surface area contributed by atoms with Crippen molar-refractivity contribution in [3.63, 3.8) is 0 Å². The highest BCUT2D eigenvalue weighted by molar-refractivity contribution is 5.73. The minimum absolute atomic E-state index is 0.194. The lowest BCUT2D eigenvalue weighted by Crippen LogP contribution is -2.68. The van der Waals surface area contributed by atoms with Crippen molar-refractivity contribution >= 4 is 5.91 Å². The van der Waals surface area contributed by atoms with Gasteiger partial charge in [-0.25, -0.2) is 0 Å². The summed E-state index contributed by atoms with van der Waals surface area (Å²) in [6.07, 6.45) is -83.6. The molecule has 600 valence electrons. The van der Waals surface area contributed by atoms with Crippen molar-refractivity contribution in [2.45, 2.75) is 271 Å². The van der Waals surface area contributed by atoms with Gasteiger partial charge in [0.2, 0.25) is 5.91 Å². The summed E-state index contributed by atoms with van der Waals surface area (Å²) in [5, 5.41) is 283. The molecular formula is C57H94N4O43. The molecule has 1 aromatic heterocycles. The SMILES string of the molecule is CC(=O)N(Cc1cn(C)nn1)[C@@H]1O[C@@H](CO)[C@@H](O[C@@H]2OC(CO[C@H]3OC[C@@H](O)[C@H](O)C3OC3OC(CO)[C@H](O)[C@H](O)[C@@H]3O)[C@@H](O[C@@H]3O[C@@H](CO[C@@H]4OC[C@H](O)C(O)C4O[C@@H]4OC(CO)[C@H](O)[C@H](O)C4O)[C@@H](O[C@@H]4OC(CO[C@H]5OC[C@@H](O)[C@H](O)C5O)[C@@H](O)[C@H](O)C4O)C(O)C3O)[C@H](O)C2O)C(O)C1O. The maximum Gasteiger partial charge on any atom is 0.221 e. The summed E-state index contributed by atoms with van der Waals surface area (Å²) in [5.74, 6) is -0.725. The van der Waals surface area contributed by atoms with E-state index < -0.39 is 323 Å². The van der Waals surface area contributed by atoms with Crippen LogP contribution in [0, 0.1) is 0 Å². The van der Waals surface area contributed by atoms with Gasteiger partial charge in [-0.15, -0.1) is 5.10 Å². The molecule has 1 aromatic rings. The highest BCUT2D eigenvalue weighted by atomic mass is 16.8. The average Bonchev–Trinajstić information content (AvgIpc) is 0.783. The van der Waals surface area contributed by atoms with Gasteiger partial charge in [-0.1, -0.05) is 5.21 Å². The third-order valence-electron chi connectivity index (χ3n) is 19.2. The largest absolute Gasteiger partial charge is 0.394 e. The van der Waals surface area contributed by atoms with Crippen LogP contribution in [0.4, 0.5) is 0 Å². The van der Waals surface area contributed by atoms with Gasteiger partial charge in [-0.3, -0.25) is 9.48 Å². The Hall–Kier alpha value is -3.07. The van der Waals surface area contributed by atoms with E-state index in [1.165, 1.54) is 17.9 Å². The Morgan fingerprint density at radius 2 is 0.712 bits per heavy atom. The molecule has 9 fully saturated rings. The van der Waals surface area contributed by atoms with E-state index in [0.717, 1.165) is 11.8 Å². The summed E-state index contributed by atoms with van der Waals surface area (Å²) >= 11 is 0. The van der Waals surface area contributed by atoms with Crippen LogP contribution in [-0.2, 0) is 98.9 Å². The first-order valence-electron chi connectivity index (χ1n) is 33.1. The van der Waals surface area contributed by atoms with Crippen LogP contribution in [0.15, 0.2) is 6.20 Å². The Morgan fingerprint density at radius 3 is 1.12 bits per heavy atom. The van der Waals surface area contributed by atoms with Gasteiger partial charge in [-0.05, 0) is 0 Å². The number of ether oxygens (including phenoxy) is 17. The molecule has 10 rings (SSSR count). The van der Waals surface area contributed by atoms with Crippen molar-refractivity contribution in [3.05, 3.63) is 11.9 Å². The van der Waals surface area contributed by atoms with Crippen LogP contribution in [0.3, 0.4) is 0 Å². The van der Waals surface area contributed by atoms with E-state index in [2.05, 4.69) is 10.3 Å². The number of nitrogens with zero attached hydrogens (tertiary/aromatic N) is 4. The van der Waals surface area contributed by atoms with Crippen molar-refractivity contribution in [1.82, 2.24) is 19.9 Å². The Kier molecular flexibility index (Phi) is 28.8. The van der Waals surface area contributed by atoms with Crippen LogP contribution in [0.2, 0.25) is 0 Å². The normalized spacial score (nSPS) is 49.8. The Balaban J connectivity index is 0.945. The molecule has 0 aliphatic carbocycles. The molecule has 47 heteroatoms. The molecule has 42 atom stereocenters. The summed E-state index contributed by atoms with van der Waals surface area (Å²) in [7, 11) is 1.53. The van der Waals surface area contributed by atoms with Crippen LogP contribution in [-0.4, -0.2) is 471 Å². The Labute approximate surface area is 587 Å². The molecule has 104 heavy (non-hydrogen) atoms. The first-order valence-corrected chi connectivity index (χ1v) is 33.1. The Bertz CT molecular complexity index is 2820. The molecule has 0 radical (unpaired) electrons. The van der Waals surface area contributed by atoms with Crippen molar-refractivity contribution in [1.29, 1.82) is 0 Å². The number of amides is 1. The molecule has 10 heterocycles. The smallest absolute Gasteiger partial charge is 0.221 e. The predicted octanol–water partition coefficient (Wildman–Crippen LogP) is -18.5. The summed E-state index contributed by atoms with van der Waals surface area (Å²) in [6.45, 7) is -7.23. The molecule has 0 saturated carbocycles. The lowest BCUT2D eigenvalue weighted by atomic mass is 9.95. The highest BCUT2D eigenvalue weighted by Gasteiger charge is 2.59. The first-order chi connectivity index (χ1) is 49.3. The van der Waals surface area contributed by atoms with Crippen LogP contribution < -0.4 is 0 Å². The molecule has 25 N–H and O–H groups in total. The standard InChI is InChI=1S/C57H94N4O43/c1-14(65)61(4-15-3-60(2)59-58-15)49-37(81)34(78)44(21(7-64)94-49)100-54-42(86)35(79)46(24(98-54)13-93-57-48(27(71)18(68)10-90-57)104-52-40(84)32(76)29(73)20(6-63)96-52)102-55-43(87)36(80)45(101-53-41(85)33(77)30(74)22(97-53)11-91-50-38(82)25(69)16(66)8-88-50)23(99-55)12-92-56-47(26(70)17(67)9-89-56)103-51-39(83)31(75)28(72)19(5-62)95-51/h3,16-57,62-64,66-87H,4-13H2,1-2H3/t16-,17+,18-,19?,20?,21+,22?,23+,24?,25+,26?,27+,28+,29+,30-,31+,32+,33+,34?,35-,36?,37?,38?,39?,40+,41?,42?,43?,44-,45-,46-,47?,48?,49-,50-,51+,52?,53+,54+,55+,56+,57-/m1/s1. The fraction of sp³-hybridized carbons (Fsp3) is 0.947. The lowest BCUT2D eigenvalue weighted by Gasteiger charge is -2.50. The van der Waals surface area contributed by atoms with Gasteiger partial charge in [0.25, 0.3) is 0 Å². The monoisotopic (exact) mass is 1520 g/mol. The number of aromatic nitrogens is 3. The predicted molar refractivity (Wildman–Crippen MR) is 314 cm³/mol. The van der Waals surface area contributed by atoms with E-state index >= 15 is 0 Å². The van der Waals surface area contributed by atoms with Gasteiger partial charge in [0.1, 0.15) is 207 Å². The number of carbonyl (C=O) groups is 1. The minimum atomic E-state index is -2.50. The summed E-state index contributed by atoms with van der Waals surface area (Å²) in [4.78, 5) is 14.0. The molecule has 16 unspecified atom stereocenters. The number of hydrogen-bond donors (Lipinski definition) is 25. The highest BCUT2D eigenvalue weighted by Crippen LogP contribution is 2.38. The van der Waals surface area contributed by atoms with Crippen molar-refractivity contribution in [2.75, 3.05) is 59.5 Å². The fourth-order valence-electron chi connectivity index (χ4n) is 13.1. The summed E-state index contributed by atoms with van der Waals surface area (Å²) in [5.41, 5.74) is 0.194. The molecule has 0 spiro atoms. The molecule has 1 amide bonds. The van der Waals surface area contributed by atoms with Gasteiger partial charge in [-0.2, -0.15) is 0 Å². The van der Waals surface area contributed by atoms with E-state index in [1.807, 2.05) is 0 Å². The van der Waals surface area contributed by atoms with E-state index in [0.29, 0.717) is 0 Å². The lowest BCUT2D eigenvalue weighted by molar-refractivity contribution is -0.396. The second kappa shape index (κ2) is 36.0. The number of rotatable bonds is 25. The number of carbonyl (C=O) groups excluding carboxylic acids is 1. The zero-order valence-corrected chi connectivity index (χ0v) is 55.2. The van der Waals surface area contributed by atoms with Crippen LogP contribution in [0.1, 0.15) is 12.6 Å². The number of aliphatic hydroxyl groups is 25. The maximum absolute atomic E-state index is 13.1. The van der Waals surface area contributed by atoms with Crippen LogP contribution in [0.5, 0.6) is 0 Å². The van der Waals surface area contributed by atoms with Gasteiger partial charge in [0.15, 0.2) is 56.5 Å². The van der Waals surface area contributed by atoms with Crippen molar-refractivity contribution in [3.8, 4) is 0 Å². The zero-order chi connectivity index (χ0) is 75.8. The molecule has 47 nitrogen and oxygen atoms in total. The van der Waals surface area contributed by atoms with Gasteiger partial charge in [0.05, 0.1) is 66.0 Å². The average molecular weight is 1520 g/mol. The maximum atomic E-state index is 13.1. The van der Waals surface area contributed by atoms with Gasteiger partial charge < -0.3 is 213 Å². The summed E-state index contributed by atoms with van der Waals surface area (Å²) < 4.78 is 100. The van der Waals surface area contributed by atoms with Crippen molar-refractivity contribution < 1.29 is 213 Å². The molecule has 9 aliphatic rings. The van der Waals surface area contributed by atoms with Crippen LogP contribution >= 0.6 is 0 Å². The quantitative estimate of drug-likeness (QED) is 0.0432. The number of hydrogen-bond acceptors (Lipinski definition) is 45. The molecular weight excluding hydrogens is 1430 g/mol.